The van der Waals surface area contributed by atoms with Crippen molar-refractivity contribution in [3.05, 3.63) is 47.6 Å². The van der Waals surface area contributed by atoms with Crippen molar-refractivity contribution in [3.8, 4) is 5.75 Å². The summed E-state index contributed by atoms with van der Waals surface area (Å²) >= 11 is 0. The molecule has 90 valence electrons. The average molecular weight is 228 g/mol. The van der Waals surface area contributed by atoms with Gasteiger partial charge in [0.15, 0.2) is 0 Å². The second-order valence-electron chi connectivity index (χ2n) is 4.70. The summed E-state index contributed by atoms with van der Waals surface area (Å²) in [6.45, 7) is 8.00. The van der Waals surface area contributed by atoms with Crippen LogP contribution in [-0.4, -0.2) is 6.10 Å². The van der Waals surface area contributed by atoms with E-state index in [-0.39, 0.29) is 6.10 Å². The van der Waals surface area contributed by atoms with Gasteiger partial charge in [-0.2, -0.15) is 0 Å². The maximum Gasteiger partial charge on any atom is 0.126 e. The molecule has 1 aliphatic rings. The van der Waals surface area contributed by atoms with E-state index in [2.05, 4.69) is 44.7 Å². The van der Waals surface area contributed by atoms with Crippen LogP contribution in [-0.2, 0) is 0 Å². The Morgan fingerprint density at radius 1 is 1.29 bits per heavy atom. The zero-order valence-corrected chi connectivity index (χ0v) is 10.7. The van der Waals surface area contributed by atoms with Crippen molar-refractivity contribution in [2.24, 2.45) is 0 Å². The Kier molecular flexibility index (Phi) is 3.68. The van der Waals surface area contributed by atoms with E-state index in [1.807, 2.05) is 6.08 Å². The van der Waals surface area contributed by atoms with Gasteiger partial charge in [-0.05, 0) is 68.0 Å². The molecule has 1 nitrogen and oxygen atoms in total. The third-order valence-corrected chi connectivity index (χ3v) is 3.20. The molecule has 2 rings (SSSR count). The Morgan fingerprint density at radius 3 is 2.53 bits per heavy atom. The van der Waals surface area contributed by atoms with Gasteiger partial charge >= 0.3 is 0 Å². The molecule has 0 amide bonds. The zero-order chi connectivity index (χ0) is 12.3. The lowest BCUT2D eigenvalue weighted by Gasteiger charge is -2.21. The van der Waals surface area contributed by atoms with Crippen molar-refractivity contribution in [1.29, 1.82) is 0 Å². The highest BCUT2D eigenvalue weighted by molar-refractivity contribution is 5.54. The molecule has 0 bridgehead atoms. The van der Waals surface area contributed by atoms with Gasteiger partial charge in [0.25, 0.3) is 0 Å². The quantitative estimate of drug-likeness (QED) is 0.695. The van der Waals surface area contributed by atoms with E-state index < -0.39 is 0 Å². The van der Waals surface area contributed by atoms with Crippen LogP contribution >= 0.6 is 0 Å². The Balaban J connectivity index is 2.23. The molecule has 0 heterocycles. The molecule has 17 heavy (non-hydrogen) atoms. The third kappa shape index (κ3) is 2.79. The predicted molar refractivity (Wildman–Crippen MR) is 73.4 cm³/mol. The molecule has 0 spiro atoms. The number of rotatable bonds is 3. The third-order valence-electron chi connectivity index (χ3n) is 3.20. The first kappa shape index (κ1) is 12.0. The molecule has 1 aromatic carbocycles. The summed E-state index contributed by atoms with van der Waals surface area (Å²) in [5.74, 6) is 1.03. The first-order valence-corrected chi connectivity index (χ1v) is 6.27. The molecule has 1 aromatic rings. The van der Waals surface area contributed by atoms with Gasteiger partial charge in [0, 0.05) is 0 Å². The van der Waals surface area contributed by atoms with E-state index >= 15 is 0 Å². The summed E-state index contributed by atoms with van der Waals surface area (Å²) in [6.07, 6.45) is 10.1. The number of hydrogen-bond acceptors (Lipinski definition) is 1. The van der Waals surface area contributed by atoms with Gasteiger partial charge in [0.2, 0.25) is 0 Å². The maximum absolute atomic E-state index is 6.10. The highest BCUT2D eigenvalue weighted by atomic mass is 16.5. The topological polar surface area (TPSA) is 9.23 Å². The molecule has 0 saturated carbocycles. The van der Waals surface area contributed by atoms with E-state index in [4.69, 9.17) is 4.74 Å². The smallest absolute Gasteiger partial charge is 0.126 e. The first-order valence-electron chi connectivity index (χ1n) is 6.27. The summed E-state index contributed by atoms with van der Waals surface area (Å²) in [5.41, 5.74) is 3.55. The Labute approximate surface area is 104 Å². The van der Waals surface area contributed by atoms with E-state index in [1.165, 1.54) is 24.0 Å². The van der Waals surface area contributed by atoms with Crippen molar-refractivity contribution in [2.45, 2.75) is 39.2 Å². The van der Waals surface area contributed by atoms with Gasteiger partial charge in [0.05, 0.1) is 0 Å². The largest absolute Gasteiger partial charge is 0.486 e. The van der Waals surface area contributed by atoms with E-state index in [9.17, 15) is 0 Å². The van der Waals surface area contributed by atoms with E-state index in [1.54, 1.807) is 0 Å². The van der Waals surface area contributed by atoms with Crippen LogP contribution < -0.4 is 4.74 Å². The highest BCUT2D eigenvalue weighted by Crippen LogP contribution is 2.28. The summed E-state index contributed by atoms with van der Waals surface area (Å²) in [6, 6.07) is 4.25. The summed E-state index contributed by atoms with van der Waals surface area (Å²) in [7, 11) is 0. The van der Waals surface area contributed by atoms with E-state index in [0.717, 1.165) is 17.7 Å². The predicted octanol–water partition coefficient (Wildman–Crippen LogP) is 4.43. The number of allylic oxidation sites excluding steroid dienone is 1. The van der Waals surface area contributed by atoms with Gasteiger partial charge in [-0.25, -0.2) is 0 Å². The lowest BCUT2D eigenvalue weighted by molar-refractivity contribution is 0.227. The van der Waals surface area contributed by atoms with Gasteiger partial charge in [-0.15, -0.1) is 0 Å². The SMILES string of the molecule is C=Cc1cc(C)c(OC2C=CCCC2)c(C)c1. The van der Waals surface area contributed by atoms with Crippen LogP contribution in [0, 0.1) is 13.8 Å². The number of benzene rings is 1. The number of hydrogen-bond donors (Lipinski definition) is 0. The fourth-order valence-electron chi connectivity index (χ4n) is 2.32. The standard InChI is InChI=1S/C16H20O/c1-4-14-10-12(2)16(13(3)11-14)17-15-8-6-5-7-9-15/h4,6,8,10-11,15H,1,5,7,9H2,2-3H3. The first-order chi connectivity index (χ1) is 8.20. The van der Waals surface area contributed by atoms with Crippen LogP contribution in [0.4, 0.5) is 0 Å². The van der Waals surface area contributed by atoms with Gasteiger partial charge < -0.3 is 4.74 Å². The Bertz CT molecular complexity index is 420. The number of ether oxygens (including phenoxy) is 1. The minimum absolute atomic E-state index is 0.246. The molecule has 1 aliphatic carbocycles. The van der Waals surface area contributed by atoms with Crippen molar-refractivity contribution in [2.75, 3.05) is 0 Å². The summed E-state index contributed by atoms with van der Waals surface area (Å²) in [5, 5.41) is 0. The van der Waals surface area contributed by atoms with Crippen LogP contribution in [0.1, 0.15) is 36.0 Å². The minimum Gasteiger partial charge on any atom is -0.486 e. The second-order valence-corrected chi connectivity index (χ2v) is 4.70. The normalized spacial score (nSPS) is 19.1. The fraction of sp³-hybridized carbons (Fsp3) is 0.375. The van der Waals surface area contributed by atoms with Crippen molar-refractivity contribution in [3.63, 3.8) is 0 Å². The Morgan fingerprint density at radius 2 is 2.00 bits per heavy atom. The lowest BCUT2D eigenvalue weighted by Crippen LogP contribution is -2.16. The number of aryl methyl sites for hydroxylation is 2. The molecule has 1 heteroatoms. The van der Waals surface area contributed by atoms with Crippen molar-refractivity contribution < 1.29 is 4.74 Å². The monoisotopic (exact) mass is 228 g/mol. The van der Waals surface area contributed by atoms with Crippen molar-refractivity contribution in [1.82, 2.24) is 0 Å². The summed E-state index contributed by atoms with van der Waals surface area (Å²) < 4.78 is 6.10. The second kappa shape index (κ2) is 5.22. The molecule has 0 aromatic heterocycles. The van der Waals surface area contributed by atoms with Gasteiger partial charge in [0.1, 0.15) is 11.9 Å². The average Bonchev–Trinajstić information content (AvgIpc) is 2.35. The van der Waals surface area contributed by atoms with Gasteiger partial charge in [-0.3, -0.25) is 0 Å². The zero-order valence-electron chi connectivity index (χ0n) is 10.7. The lowest BCUT2D eigenvalue weighted by atomic mass is 10.0. The minimum atomic E-state index is 0.246. The van der Waals surface area contributed by atoms with Crippen LogP contribution in [0.5, 0.6) is 5.75 Å². The molecular formula is C16H20O. The van der Waals surface area contributed by atoms with E-state index in [0.29, 0.717) is 0 Å². The molecule has 0 radical (unpaired) electrons. The molecule has 1 unspecified atom stereocenters. The summed E-state index contributed by atoms with van der Waals surface area (Å²) in [4.78, 5) is 0. The van der Waals surface area contributed by atoms with Crippen LogP contribution in [0.3, 0.4) is 0 Å². The van der Waals surface area contributed by atoms with Crippen molar-refractivity contribution >= 4 is 6.08 Å². The molecular weight excluding hydrogens is 208 g/mol. The molecule has 0 N–H and O–H groups in total. The maximum atomic E-state index is 6.10. The van der Waals surface area contributed by atoms with Crippen LogP contribution in [0.25, 0.3) is 6.08 Å². The molecule has 0 aliphatic heterocycles. The van der Waals surface area contributed by atoms with Gasteiger partial charge in [-0.1, -0.05) is 18.7 Å². The molecule has 0 fully saturated rings. The Hall–Kier alpha value is -1.50. The molecule has 1 atom stereocenters. The molecule has 0 saturated heterocycles. The van der Waals surface area contributed by atoms with Crippen LogP contribution in [0.2, 0.25) is 0 Å². The van der Waals surface area contributed by atoms with Crippen LogP contribution in [0.15, 0.2) is 30.9 Å². The highest BCUT2D eigenvalue weighted by Gasteiger charge is 2.13. The fourth-order valence-corrected chi connectivity index (χ4v) is 2.32.